The van der Waals surface area contributed by atoms with Gasteiger partial charge in [0, 0.05) is 6.10 Å². The monoisotopic (exact) mass is 140 g/mol. The van der Waals surface area contributed by atoms with E-state index in [0.29, 0.717) is 0 Å². The van der Waals surface area contributed by atoms with Crippen LogP contribution in [0.1, 0.15) is 13.8 Å². The van der Waals surface area contributed by atoms with Crippen LogP contribution in [-0.2, 0) is 25.7 Å². The summed E-state index contributed by atoms with van der Waals surface area (Å²) in [5.41, 5.74) is 0. The molecule has 0 rings (SSSR count). The van der Waals surface area contributed by atoms with Crippen molar-refractivity contribution >= 4 is 0 Å². The second kappa shape index (κ2) is 9.55. The standard InChI is InChI=1S/C3H8O.2O.Ti/c1-3(2)4;;;/h3-4H,1-2H3;;;. The van der Waals surface area contributed by atoms with Crippen molar-refractivity contribution in [1.29, 1.82) is 0 Å². The molecule has 0 saturated carbocycles. The van der Waals surface area contributed by atoms with Crippen LogP contribution in [0.2, 0.25) is 0 Å². The van der Waals surface area contributed by atoms with Crippen LogP contribution in [0.5, 0.6) is 0 Å². The average Bonchev–Trinajstić information content (AvgIpc) is 1.33. The Hall–Kier alpha value is 0.274. The maximum absolute atomic E-state index is 8.50. The topological polar surface area (TPSA) is 54.4 Å². The van der Waals surface area contributed by atoms with E-state index in [0.717, 1.165) is 0 Å². The molecule has 0 amide bonds. The zero-order valence-electron chi connectivity index (χ0n) is 4.34. The Kier molecular flexibility index (Phi) is 14.0. The summed E-state index contributed by atoms with van der Waals surface area (Å²) >= 11 is -2.00. The van der Waals surface area contributed by atoms with Crippen molar-refractivity contribution in [2.45, 2.75) is 20.0 Å². The number of rotatable bonds is 0. The molecule has 0 aliphatic rings. The molecule has 0 spiro atoms. The van der Waals surface area contributed by atoms with Crippen molar-refractivity contribution in [3.8, 4) is 0 Å². The van der Waals surface area contributed by atoms with Crippen molar-refractivity contribution in [1.82, 2.24) is 0 Å². The molecule has 0 fully saturated rings. The summed E-state index contributed by atoms with van der Waals surface area (Å²) in [7, 11) is 0. The molecule has 0 radical (unpaired) electrons. The molecule has 0 aromatic heterocycles. The third-order valence-corrected chi connectivity index (χ3v) is 0. The van der Waals surface area contributed by atoms with Gasteiger partial charge in [0.25, 0.3) is 0 Å². The summed E-state index contributed by atoms with van der Waals surface area (Å²) in [6, 6.07) is 0. The van der Waals surface area contributed by atoms with E-state index in [1.165, 1.54) is 0 Å². The van der Waals surface area contributed by atoms with E-state index in [1.807, 2.05) is 0 Å². The van der Waals surface area contributed by atoms with E-state index in [2.05, 4.69) is 0 Å². The van der Waals surface area contributed by atoms with E-state index in [-0.39, 0.29) is 6.10 Å². The van der Waals surface area contributed by atoms with Crippen molar-refractivity contribution in [3.63, 3.8) is 0 Å². The predicted octanol–water partition coefficient (Wildman–Crippen LogP) is 0.147. The molecule has 0 aromatic rings. The van der Waals surface area contributed by atoms with Crippen LogP contribution in [0.25, 0.3) is 0 Å². The van der Waals surface area contributed by atoms with Crippen LogP contribution >= 0.6 is 0 Å². The van der Waals surface area contributed by atoms with Crippen LogP contribution in [0.15, 0.2) is 0 Å². The van der Waals surface area contributed by atoms with Gasteiger partial charge in [-0.05, 0) is 13.8 Å². The SMILES string of the molecule is CC(C)O.[O]=[Ti]=[O]. The van der Waals surface area contributed by atoms with Crippen LogP contribution in [0.4, 0.5) is 0 Å². The third-order valence-electron chi connectivity index (χ3n) is 0. The van der Waals surface area contributed by atoms with Gasteiger partial charge in [0.2, 0.25) is 0 Å². The van der Waals surface area contributed by atoms with Gasteiger partial charge in [-0.1, -0.05) is 0 Å². The number of hydrogen-bond acceptors (Lipinski definition) is 3. The van der Waals surface area contributed by atoms with Crippen LogP contribution in [-0.4, -0.2) is 11.2 Å². The molecule has 3 nitrogen and oxygen atoms in total. The fraction of sp³-hybridized carbons (Fsp3) is 1.00. The minimum atomic E-state index is -2.00. The van der Waals surface area contributed by atoms with Crippen LogP contribution in [0, 0.1) is 0 Å². The maximum atomic E-state index is 8.50. The van der Waals surface area contributed by atoms with Gasteiger partial charge in [-0.2, -0.15) is 0 Å². The zero-order valence-corrected chi connectivity index (χ0v) is 5.90. The molecular weight excluding hydrogens is 132 g/mol. The Morgan fingerprint density at radius 1 is 1.43 bits per heavy atom. The fourth-order valence-corrected chi connectivity index (χ4v) is 0. The summed E-state index contributed by atoms with van der Waals surface area (Å²) in [4.78, 5) is 0. The van der Waals surface area contributed by atoms with E-state index in [4.69, 9.17) is 11.8 Å². The van der Waals surface area contributed by atoms with Crippen molar-refractivity contribution in [3.05, 3.63) is 0 Å². The number of aliphatic hydroxyl groups is 1. The molecule has 4 heteroatoms. The molecular formula is C3H8O3Ti. The first-order valence-corrected chi connectivity index (χ1v) is 3.10. The van der Waals surface area contributed by atoms with E-state index in [9.17, 15) is 0 Å². The molecule has 0 aliphatic heterocycles. The van der Waals surface area contributed by atoms with Gasteiger partial charge in [-0.25, -0.2) is 0 Å². The van der Waals surface area contributed by atoms with Gasteiger partial charge in [0.15, 0.2) is 0 Å². The summed E-state index contributed by atoms with van der Waals surface area (Å²) in [5, 5.41) is 8.06. The number of hydrogen-bond donors (Lipinski definition) is 1. The molecule has 0 aliphatic carbocycles. The van der Waals surface area contributed by atoms with Crippen molar-refractivity contribution in [2.75, 3.05) is 0 Å². The first kappa shape index (κ1) is 10.3. The van der Waals surface area contributed by atoms with Crippen molar-refractivity contribution in [2.24, 2.45) is 0 Å². The van der Waals surface area contributed by atoms with E-state index < -0.39 is 19.1 Å². The molecule has 0 unspecified atom stereocenters. The second-order valence-electron chi connectivity index (χ2n) is 1.18. The first-order valence-electron chi connectivity index (χ1n) is 1.82. The Balaban J connectivity index is 0. The molecule has 7 heavy (non-hydrogen) atoms. The van der Waals surface area contributed by atoms with Gasteiger partial charge in [0.05, 0.1) is 0 Å². The molecule has 0 saturated heterocycles. The minimum absolute atomic E-state index is 0.167. The fourth-order valence-electron chi connectivity index (χ4n) is 0. The van der Waals surface area contributed by atoms with Crippen molar-refractivity contribution < 1.29 is 30.8 Å². The normalized spacial score (nSPS) is 6.29. The number of aliphatic hydroxyl groups excluding tert-OH is 1. The molecule has 0 atom stereocenters. The Morgan fingerprint density at radius 2 is 1.43 bits per heavy atom. The summed E-state index contributed by atoms with van der Waals surface area (Å²) in [6.45, 7) is 3.44. The summed E-state index contributed by atoms with van der Waals surface area (Å²) < 4.78 is 17.0. The van der Waals surface area contributed by atoms with Crippen LogP contribution in [0.3, 0.4) is 0 Å². The van der Waals surface area contributed by atoms with Gasteiger partial charge < -0.3 is 5.11 Å². The molecule has 0 bridgehead atoms. The van der Waals surface area contributed by atoms with Gasteiger partial charge in [0.1, 0.15) is 0 Å². The van der Waals surface area contributed by atoms with Gasteiger partial charge in [-0.3, -0.25) is 0 Å². The third kappa shape index (κ3) is 1520. The van der Waals surface area contributed by atoms with Crippen LogP contribution < -0.4 is 0 Å². The molecule has 1 N–H and O–H groups in total. The summed E-state index contributed by atoms with van der Waals surface area (Å²) in [6.07, 6.45) is -0.167. The summed E-state index contributed by atoms with van der Waals surface area (Å²) in [5.74, 6) is 0. The average molecular weight is 140 g/mol. The van der Waals surface area contributed by atoms with E-state index >= 15 is 0 Å². The quantitative estimate of drug-likeness (QED) is 0.487. The Labute approximate surface area is 51.3 Å². The Morgan fingerprint density at radius 3 is 1.43 bits per heavy atom. The molecule has 0 heterocycles. The van der Waals surface area contributed by atoms with E-state index in [1.54, 1.807) is 13.8 Å². The predicted molar refractivity (Wildman–Crippen MR) is 18.7 cm³/mol. The second-order valence-corrected chi connectivity index (χ2v) is 1.44. The zero-order chi connectivity index (χ0) is 6.28. The van der Waals surface area contributed by atoms with Gasteiger partial charge >= 0.3 is 25.7 Å². The first-order chi connectivity index (χ1) is 3.15. The molecule has 0 aromatic carbocycles. The molecule has 42 valence electrons. The Bertz CT molecular complexity index is 52.4. The van der Waals surface area contributed by atoms with Gasteiger partial charge in [-0.15, -0.1) is 0 Å².